The molecule has 0 fully saturated rings. The minimum absolute atomic E-state index is 0.192. The average Bonchev–Trinajstić information content (AvgIpc) is 2.54. The van der Waals surface area contributed by atoms with Crippen LogP contribution in [-0.4, -0.2) is 31.1 Å². The second-order valence-corrected chi connectivity index (χ2v) is 8.74. The highest BCUT2D eigenvalue weighted by Gasteiger charge is 2.21. The first kappa shape index (κ1) is 23.9. The van der Waals surface area contributed by atoms with Gasteiger partial charge in [0.25, 0.3) is 0 Å². The number of esters is 2. The Hall–Kier alpha value is -0.180. The predicted octanol–water partition coefficient (Wildman–Crippen LogP) is 4.74. The number of benzene rings is 1. The normalized spacial score (nSPS) is 10.3. The highest BCUT2D eigenvalue weighted by Crippen LogP contribution is 2.32. The molecule has 1 aromatic carbocycles. The van der Waals surface area contributed by atoms with Crippen LogP contribution in [0.25, 0.3) is 0 Å². The number of hydrogen-bond acceptors (Lipinski definition) is 5. The Morgan fingerprint density at radius 1 is 1.04 bits per heavy atom. The largest absolute Gasteiger partial charge is 0.466 e. The molecule has 0 aliphatic heterocycles. The number of nitrogens with one attached hydrogen (secondary N) is 1. The molecule has 9 heteroatoms. The number of anilines is 1. The van der Waals surface area contributed by atoms with Crippen LogP contribution in [0.5, 0.6) is 0 Å². The third-order valence-corrected chi connectivity index (χ3v) is 6.02. The molecule has 1 rings (SSSR count). The van der Waals surface area contributed by atoms with Gasteiger partial charge in [-0.25, -0.2) is 4.79 Å². The van der Waals surface area contributed by atoms with Gasteiger partial charge in [-0.15, -0.1) is 0 Å². The van der Waals surface area contributed by atoms with Crippen LogP contribution in [0.3, 0.4) is 0 Å². The van der Waals surface area contributed by atoms with Crippen molar-refractivity contribution in [1.29, 1.82) is 0 Å². The first-order chi connectivity index (χ1) is 12.3. The molecule has 0 bridgehead atoms. The second-order valence-electron chi connectivity index (χ2n) is 5.34. The number of amides is 1. The summed E-state index contributed by atoms with van der Waals surface area (Å²) in [5.74, 6) is -0.798. The lowest BCUT2D eigenvalue weighted by atomic mass is 10.2. The van der Waals surface area contributed by atoms with E-state index in [0.29, 0.717) is 40.7 Å². The van der Waals surface area contributed by atoms with Crippen LogP contribution in [0.4, 0.5) is 5.69 Å². The zero-order chi connectivity index (χ0) is 19.7. The first-order valence-corrected chi connectivity index (χ1v) is 11.3. The Balaban J connectivity index is 2.59. The SMILES string of the molecule is CCOC(=O)CCCCCOC(=O)c1c(I)cc(I)c(NC(C)=O)c1I. The van der Waals surface area contributed by atoms with Crippen molar-refractivity contribution in [2.24, 2.45) is 0 Å². The van der Waals surface area contributed by atoms with E-state index in [1.807, 2.05) is 6.07 Å². The van der Waals surface area contributed by atoms with Gasteiger partial charge in [0, 0.05) is 20.5 Å². The van der Waals surface area contributed by atoms with Crippen molar-refractivity contribution in [3.8, 4) is 0 Å². The topological polar surface area (TPSA) is 81.7 Å². The number of ether oxygens (including phenoxy) is 2. The number of unbranched alkanes of at least 4 members (excludes halogenated alkanes) is 2. The molecule has 1 N–H and O–H groups in total. The monoisotopic (exact) mass is 699 g/mol. The van der Waals surface area contributed by atoms with Gasteiger partial charge < -0.3 is 14.8 Å². The van der Waals surface area contributed by atoms with Crippen LogP contribution in [0.15, 0.2) is 6.07 Å². The van der Waals surface area contributed by atoms with E-state index in [4.69, 9.17) is 9.47 Å². The van der Waals surface area contributed by atoms with E-state index in [0.717, 1.165) is 13.6 Å². The van der Waals surface area contributed by atoms with Crippen molar-refractivity contribution < 1.29 is 23.9 Å². The summed E-state index contributed by atoms with van der Waals surface area (Å²) >= 11 is 6.27. The quantitative estimate of drug-likeness (QED) is 0.229. The fourth-order valence-corrected chi connectivity index (χ4v) is 6.17. The highest BCUT2D eigenvalue weighted by molar-refractivity contribution is 14.1. The van der Waals surface area contributed by atoms with E-state index in [1.165, 1.54) is 6.92 Å². The maximum atomic E-state index is 12.4. The van der Waals surface area contributed by atoms with Gasteiger partial charge in [0.05, 0.1) is 28.0 Å². The highest BCUT2D eigenvalue weighted by atomic mass is 127. The van der Waals surface area contributed by atoms with Crippen molar-refractivity contribution in [2.45, 2.75) is 39.5 Å². The fourth-order valence-electron chi connectivity index (χ4n) is 2.09. The molecule has 6 nitrogen and oxygen atoms in total. The van der Waals surface area contributed by atoms with Crippen molar-refractivity contribution >= 4 is 91.3 Å². The predicted molar refractivity (Wildman–Crippen MR) is 124 cm³/mol. The van der Waals surface area contributed by atoms with Crippen LogP contribution in [-0.2, 0) is 19.1 Å². The van der Waals surface area contributed by atoms with Crippen molar-refractivity contribution in [3.63, 3.8) is 0 Å². The molecular weight excluding hydrogens is 679 g/mol. The fraction of sp³-hybridized carbons (Fsp3) is 0.471. The van der Waals surface area contributed by atoms with Gasteiger partial charge >= 0.3 is 11.9 Å². The molecule has 1 amide bonds. The summed E-state index contributed by atoms with van der Waals surface area (Å²) < 4.78 is 12.5. The first-order valence-electron chi connectivity index (χ1n) is 8.05. The zero-order valence-electron chi connectivity index (χ0n) is 14.5. The number of carbonyl (C=O) groups excluding carboxylic acids is 3. The summed E-state index contributed by atoms with van der Waals surface area (Å²) in [5, 5.41) is 2.76. The Morgan fingerprint density at radius 3 is 2.35 bits per heavy atom. The molecule has 0 aromatic heterocycles. The Labute approximate surface area is 193 Å². The van der Waals surface area contributed by atoms with Gasteiger partial charge in [-0.1, -0.05) is 0 Å². The Bertz CT molecular complexity index is 679. The summed E-state index contributed by atoms with van der Waals surface area (Å²) in [5.41, 5.74) is 1.09. The van der Waals surface area contributed by atoms with E-state index in [2.05, 4.69) is 73.1 Å². The lowest BCUT2D eigenvalue weighted by molar-refractivity contribution is -0.143. The standard InChI is InChI=1S/C17H20I3NO5/c1-3-25-13(23)7-5-4-6-8-26-17(24)14-11(18)9-12(19)16(15(14)20)21-10(2)22/h9H,3-8H2,1-2H3,(H,21,22). The molecular formula is C17H20I3NO5. The van der Waals surface area contributed by atoms with Crippen LogP contribution in [0.2, 0.25) is 0 Å². The summed E-state index contributed by atoms with van der Waals surface area (Å²) in [6.07, 6.45) is 2.56. The molecule has 144 valence electrons. The molecule has 26 heavy (non-hydrogen) atoms. The van der Waals surface area contributed by atoms with Crippen LogP contribution >= 0.6 is 67.8 Å². The molecule has 0 atom stereocenters. The molecule has 0 spiro atoms. The molecule has 0 aliphatic rings. The molecule has 1 aromatic rings. The summed E-state index contributed by atoms with van der Waals surface area (Å²) in [7, 11) is 0. The number of halogens is 3. The van der Waals surface area contributed by atoms with Crippen LogP contribution < -0.4 is 5.32 Å². The van der Waals surface area contributed by atoms with Crippen LogP contribution in [0, 0.1) is 10.7 Å². The Kier molecular flexibility index (Phi) is 11.3. The molecule has 0 heterocycles. The van der Waals surface area contributed by atoms with E-state index < -0.39 is 5.97 Å². The van der Waals surface area contributed by atoms with E-state index in [-0.39, 0.29) is 18.5 Å². The van der Waals surface area contributed by atoms with Crippen molar-refractivity contribution in [1.82, 2.24) is 0 Å². The Morgan fingerprint density at radius 2 is 1.73 bits per heavy atom. The maximum Gasteiger partial charge on any atom is 0.340 e. The maximum absolute atomic E-state index is 12.4. The molecule has 0 saturated heterocycles. The van der Waals surface area contributed by atoms with Gasteiger partial charge in [0.15, 0.2) is 0 Å². The van der Waals surface area contributed by atoms with Crippen molar-refractivity contribution in [2.75, 3.05) is 18.5 Å². The minimum atomic E-state index is -0.410. The minimum Gasteiger partial charge on any atom is -0.466 e. The van der Waals surface area contributed by atoms with Gasteiger partial charge in [0.1, 0.15) is 0 Å². The zero-order valence-corrected chi connectivity index (χ0v) is 21.0. The van der Waals surface area contributed by atoms with Gasteiger partial charge in [-0.05, 0) is 100 Å². The number of carbonyl (C=O) groups is 3. The lowest BCUT2D eigenvalue weighted by Crippen LogP contribution is -2.15. The van der Waals surface area contributed by atoms with E-state index >= 15 is 0 Å². The summed E-state index contributed by atoms with van der Waals surface area (Å²) in [6, 6.07) is 1.84. The molecule has 0 saturated carbocycles. The van der Waals surface area contributed by atoms with Crippen LogP contribution in [0.1, 0.15) is 49.9 Å². The van der Waals surface area contributed by atoms with Gasteiger partial charge in [0.2, 0.25) is 5.91 Å². The lowest BCUT2D eigenvalue weighted by Gasteiger charge is -2.14. The summed E-state index contributed by atoms with van der Waals surface area (Å²) in [6.45, 7) is 3.89. The van der Waals surface area contributed by atoms with Gasteiger partial charge in [-0.2, -0.15) is 0 Å². The molecule has 0 aliphatic carbocycles. The number of rotatable bonds is 9. The third kappa shape index (κ3) is 7.82. The average molecular weight is 699 g/mol. The van der Waals surface area contributed by atoms with E-state index in [1.54, 1.807) is 6.92 Å². The molecule has 0 unspecified atom stereocenters. The molecule has 0 radical (unpaired) electrons. The number of hydrogen-bond donors (Lipinski definition) is 1. The smallest absolute Gasteiger partial charge is 0.340 e. The third-order valence-electron chi connectivity index (χ3n) is 3.24. The second kappa shape index (κ2) is 12.3. The van der Waals surface area contributed by atoms with E-state index in [9.17, 15) is 14.4 Å². The summed E-state index contributed by atoms with van der Waals surface area (Å²) in [4.78, 5) is 35.1. The van der Waals surface area contributed by atoms with Gasteiger partial charge in [-0.3, -0.25) is 9.59 Å². The van der Waals surface area contributed by atoms with Crippen molar-refractivity contribution in [3.05, 3.63) is 22.3 Å².